The molecule has 2 rings (SSSR count). The van der Waals surface area contributed by atoms with E-state index < -0.39 is 10.0 Å². The number of halogens is 1. The zero-order valence-corrected chi connectivity index (χ0v) is 11.1. The summed E-state index contributed by atoms with van der Waals surface area (Å²) in [5.74, 6) is 0.0280. The standard InChI is InChI=1S/C9H8ClN3O2S2/c1-6-2-3-7(16-6)17(14,15)13-9-8(10)11-4-5-12-9/h2-5H,1H3,(H,12,13). The molecule has 0 amide bonds. The Morgan fingerprint density at radius 3 is 2.59 bits per heavy atom. The maximum absolute atomic E-state index is 11.9. The van der Waals surface area contributed by atoms with Crippen molar-refractivity contribution in [2.75, 3.05) is 4.72 Å². The van der Waals surface area contributed by atoms with Crippen LogP contribution in [0.4, 0.5) is 5.82 Å². The Morgan fingerprint density at radius 1 is 1.29 bits per heavy atom. The molecule has 0 radical (unpaired) electrons. The van der Waals surface area contributed by atoms with Crippen LogP contribution in [0.2, 0.25) is 5.15 Å². The van der Waals surface area contributed by atoms with E-state index in [1.807, 2.05) is 6.92 Å². The van der Waals surface area contributed by atoms with E-state index in [2.05, 4.69) is 14.7 Å². The third kappa shape index (κ3) is 2.74. The van der Waals surface area contributed by atoms with Gasteiger partial charge in [-0.2, -0.15) is 0 Å². The fourth-order valence-corrected chi connectivity index (χ4v) is 3.63. The van der Waals surface area contributed by atoms with Crippen LogP contribution >= 0.6 is 22.9 Å². The molecule has 8 heteroatoms. The summed E-state index contributed by atoms with van der Waals surface area (Å²) in [7, 11) is -3.63. The van der Waals surface area contributed by atoms with E-state index in [4.69, 9.17) is 11.6 Å². The third-order valence-electron chi connectivity index (χ3n) is 1.87. The van der Waals surface area contributed by atoms with Crippen molar-refractivity contribution >= 4 is 38.8 Å². The number of rotatable bonds is 3. The highest BCUT2D eigenvalue weighted by Gasteiger charge is 2.18. The highest BCUT2D eigenvalue weighted by Crippen LogP contribution is 2.24. The number of hydrogen-bond acceptors (Lipinski definition) is 5. The molecule has 1 N–H and O–H groups in total. The summed E-state index contributed by atoms with van der Waals surface area (Å²) >= 11 is 6.90. The molecule has 0 aliphatic heterocycles. The zero-order chi connectivity index (χ0) is 12.5. The lowest BCUT2D eigenvalue weighted by molar-refractivity contribution is 0.603. The average Bonchev–Trinajstić information content (AvgIpc) is 2.69. The average molecular weight is 290 g/mol. The van der Waals surface area contributed by atoms with E-state index in [0.29, 0.717) is 0 Å². The van der Waals surface area contributed by atoms with Gasteiger partial charge in [0.2, 0.25) is 0 Å². The molecule has 5 nitrogen and oxygen atoms in total. The van der Waals surface area contributed by atoms with Crippen LogP contribution in [0.3, 0.4) is 0 Å². The Bertz CT molecular complexity index is 639. The lowest BCUT2D eigenvalue weighted by Gasteiger charge is -2.05. The lowest BCUT2D eigenvalue weighted by atomic mass is 10.5. The minimum Gasteiger partial charge on any atom is -0.260 e. The first-order valence-electron chi connectivity index (χ1n) is 4.55. The summed E-state index contributed by atoms with van der Waals surface area (Å²) in [5.41, 5.74) is 0. The van der Waals surface area contributed by atoms with E-state index in [1.165, 1.54) is 29.8 Å². The van der Waals surface area contributed by atoms with Crippen LogP contribution in [-0.4, -0.2) is 18.4 Å². The van der Waals surface area contributed by atoms with Gasteiger partial charge >= 0.3 is 0 Å². The lowest BCUT2D eigenvalue weighted by Crippen LogP contribution is -2.13. The molecule has 2 aromatic heterocycles. The number of sulfonamides is 1. The summed E-state index contributed by atoms with van der Waals surface area (Å²) in [4.78, 5) is 8.47. The number of hydrogen-bond donors (Lipinski definition) is 1. The Hall–Kier alpha value is -1.18. The van der Waals surface area contributed by atoms with Crippen LogP contribution in [0, 0.1) is 6.92 Å². The number of thiophene rings is 1. The smallest absolute Gasteiger partial charge is 0.260 e. The highest BCUT2D eigenvalue weighted by molar-refractivity contribution is 7.94. The van der Waals surface area contributed by atoms with Crippen molar-refractivity contribution in [2.24, 2.45) is 0 Å². The molecule has 2 heterocycles. The van der Waals surface area contributed by atoms with Crippen LogP contribution in [0.1, 0.15) is 4.88 Å². The predicted molar refractivity (Wildman–Crippen MR) is 66.9 cm³/mol. The molecule has 0 atom stereocenters. The minimum atomic E-state index is -3.63. The normalized spacial score (nSPS) is 11.4. The molecular weight excluding hydrogens is 282 g/mol. The Labute approximate surface area is 108 Å². The van der Waals surface area contributed by atoms with Gasteiger partial charge in [-0.05, 0) is 19.1 Å². The van der Waals surface area contributed by atoms with E-state index in [0.717, 1.165) is 4.88 Å². The monoisotopic (exact) mass is 289 g/mol. The highest BCUT2D eigenvalue weighted by atomic mass is 35.5. The van der Waals surface area contributed by atoms with Gasteiger partial charge in [-0.1, -0.05) is 11.6 Å². The molecule has 2 aromatic rings. The SMILES string of the molecule is Cc1ccc(S(=O)(=O)Nc2nccnc2Cl)s1. The van der Waals surface area contributed by atoms with Crippen LogP contribution in [0.5, 0.6) is 0 Å². The van der Waals surface area contributed by atoms with Crippen molar-refractivity contribution in [1.29, 1.82) is 0 Å². The number of aromatic nitrogens is 2. The molecule has 0 unspecified atom stereocenters. The fraction of sp³-hybridized carbons (Fsp3) is 0.111. The van der Waals surface area contributed by atoms with E-state index in [9.17, 15) is 8.42 Å². The molecule has 17 heavy (non-hydrogen) atoms. The molecule has 0 aliphatic carbocycles. The second-order valence-corrected chi connectivity index (χ2v) is 6.72. The maximum Gasteiger partial charge on any atom is 0.272 e. The Morgan fingerprint density at radius 2 is 2.00 bits per heavy atom. The first kappa shape index (κ1) is 12.3. The fourth-order valence-electron chi connectivity index (χ4n) is 1.12. The number of nitrogens with zero attached hydrogens (tertiary/aromatic N) is 2. The molecule has 0 spiro atoms. The summed E-state index contributed by atoms with van der Waals surface area (Å²) in [5, 5.41) is 0.0179. The maximum atomic E-state index is 11.9. The minimum absolute atomic E-state index is 0.0179. The van der Waals surface area contributed by atoms with Gasteiger partial charge < -0.3 is 0 Å². The molecule has 0 fully saturated rings. The van der Waals surface area contributed by atoms with Gasteiger partial charge in [0.25, 0.3) is 10.0 Å². The predicted octanol–water partition coefficient (Wildman–Crippen LogP) is 2.30. The zero-order valence-electron chi connectivity index (χ0n) is 8.71. The van der Waals surface area contributed by atoms with Gasteiger partial charge in [-0.3, -0.25) is 4.72 Å². The van der Waals surface area contributed by atoms with Crippen molar-refractivity contribution in [3.05, 3.63) is 34.6 Å². The van der Waals surface area contributed by atoms with Gasteiger partial charge in [0.1, 0.15) is 4.21 Å². The topological polar surface area (TPSA) is 72.0 Å². The molecule has 0 saturated carbocycles. The van der Waals surface area contributed by atoms with Crippen molar-refractivity contribution in [3.8, 4) is 0 Å². The quantitative estimate of drug-likeness (QED) is 0.941. The van der Waals surface area contributed by atoms with Crippen LogP contribution in [0.25, 0.3) is 0 Å². The van der Waals surface area contributed by atoms with Crippen LogP contribution < -0.4 is 4.72 Å². The van der Waals surface area contributed by atoms with E-state index in [-0.39, 0.29) is 15.2 Å². The summed E-state index contributed by atoms with van der Waals surface area (Å²) in [6, 6.07) is 3.27. The van der Waals surface area contributed by atoms with Crippen molar-refractivity contribution in [1.82, 2.24) is 9.97 Å². The molecule has 0 aliphatic rings. The van der Waals surface area contributed by atoms with Crippen molar-refractivity contribution in [2.45, 2.75) is 11.1 Å². The second kappa shape index (κ2) is 4.59. The summed E-state index contributed by atoms with van der Waals surface area (Å²) in [6.07, 6.45) is 2.75. The van der Waals surface area contributed by atoms with Gasteiger partial charge in [0.05, 0.1) is 0 Å². The van der Waals surface area contributed by atoms with Crippen molar-refractivity contribution in [3.63, 3.8) is 0 Å². The third-order valence-corrected chi connectivity index (χ3v) is 4.97. The molecule has 90 valence electrons. The number of nitrogens with one attached hydrogen (secondary N) is 1. The first-order chi connectivity index (χ1) is 7.99. The van der Waals surface area contributed by atoms with Crippen LogP contribution in [-0.2, 0) is 10.0 Å². The van der Waals surface area contributed by atoms with E-state index >= 15 is 0 Å². The largest absolute Gasteiger partial charge is 0.272 e. The van der Waals surface area contributed by atoms with Gasteiger partial charge in [0.15, 0.2) is 11.0 Å². The molecule has 0 bridgehead atoms. The Kier molecular flexibility index (Phi) is 3.32. The van der Waals surface area contributed by atoms with Crippen molar-refractivity contribution < 1.29 is 8.42 Å². The summed E-state index contributed by atoms with van der Waals surface area (Å²) < 4.78 is 26.4. The summed E-state index contributed by atoms with van der Waals surface area (Å²) in [6.45, 7) is 1.83. The number of aryl methyl sites for hydroxylation is 1. The number of anilines is 1. The molecular formula is C9H8ClN3O2S2. The molecule has 0 aromatic carbocycles. The first-order valence-corrected chi connectivity index (χ1v) is 7.22. The Balaban J connectivity index is 2.33. The van der Waals surface area contributed by atoms with Gasteiger partial charge in [-0.25, -0.2) is 18.4 Å². The van der Waals surface area contributed by atoms with Gasteiger partial charge in [-0.15, -0.1) is 11.3 Å². The second-order valence-electron chi connectivity index (χ2n) is 3.17. The van der Waals surface area contributed by atoms with E-state index in [1.54, 1.807) is 6.07 Å². The van der Waals surface area contributed by atoms with Gasteiger partial charge in [0, 0.05) is 17.3 Å². The van der Waals surface area contributed by atoms with Crippen LogP contribution in [0.15, 0.2) is 28.7 Å². The molecule has 0 saturated heterocycles.